The van der Waals surface area contributed by atoms with E-state index in [1.807, 2.05) is 18.2 Å². The number of hydrogen-bond acceptors (Lipinski definition) is 7. The standard InChI is InChI=1S/C25H22FN5O3S/c1-31-17-9-7-15(10-13(17)4-3-5-20(31)32)29-25-28-12-19-22(30-25)21(23(35-19)24(27)33)16-8-6-14(26)11-18(16)34-2/h6-12H,3-5H2,1-2H3,(H2,27,33)(H,28,29,30). The van der Waals surface area contributed by atoms with Crippen molar-refractivity contribution in [3.8, 4) is 16.9 Å². The average molecular weight is 492 g/mol. The summed E-state index contributed by atoms with van der Waals surface area (Å²) in [6.45, 7) is 0. The number of rotatable bonds is 5. The second-order valence-corrected chi connectivity index (χ2v) is 9.25. The number of aromatic nitrogens is 2. The predicted octanol–water partition coefficient (Wildman–Crippen LogP) is 4.65. The Bertz CT molecular complexity index is 1490. The second-order valence-electron chi connectivity index (χ2n) is 8.20. The lowest BCUT2D eigenvalue weighted by atomic mass is 10.0. The van der Waals surface area contributed by atoms with Crippen LogP contribution < -0.4 is 20.7 Å². The molecule has 10 heteroatoms. The van der Waals surface area contributed by atoms with E-state index in [1.165, 1.54) is 30.6 Å². The molecule has 0 fully saturated rings. The maximum Gasteiger partial charge on any atom is 0.259 e. The van der Waals surface area contributed by atoms with E-state index < -0.39 is 11.7 Å². The largest absolute Gasteiger partial charge is 0.496 e. The molecule has 0 aliphatic carbocycles. The molecule has 2 aromatic heterocycles. The first-order valence-corrected chi connectivity index (χ1v) is 11.8. The van der Waals surface area contributed by atoms with Gasteiger partial charge in [-0.2, -0.15) is 0 Å². The van der Waals surface area contributed by atoms with Crippen LogP contribution in [0.2, 0.25) is 0 Å². The summed E-state index contributed by atoms with van der Waals surface area (Å²) in [7, 11) is 3.22. The van der Waals surface area contributed by atoms with E-state index in [0.29, 0.717) is 33.7 Å². The lowest BCUT2D eigenvalue weighted by Crippen LogP contribution is -2.24. The van der Waals surface area contributed by atoms with Gasteiger partial charge in [-0.3, -0.25) is 9.59 Å². The third-order valence-electron chi connectivity index (χ3n) is 6.00. The highest BCUT2D eigenvalue weighted by atomic mass is 32.1. The fourth-order valence-electron chi connectivity index (χ4n) is 4.30. The van der Waals surface area contributed by atoms with Crippen LogP contribution >= 0.6 is 11.3 Å². The summed E-state index contributed by atoms with van der Waals surface area (Å²) in [4.78, 5) is 35.5. The van der Waals surface area contributed by atoms with Crippen LogP contribution in [0.1, 0.15) is 28.1 Å². The third-order valence-corrected chi connectivity index (χ3v) is 7.12. The fourth-order valence-corrected chi connectivity index (χ4v) is 5.28. The number of fused-ring (bicyclic) bond motifs is 2. The van der Waals surface area contributed by atoms with Crippen LogP contribution in [-0.2, 0) is 11.2 Å². The summed E-state index contributed by atoms with van der Waals surface area (Å²) in [5.74, 6) is -0.382. The summed E-state index contributed by atoms with van der Waals surface area (Å²) in [5.41, 5.74) is 9.88. The molecule has 4 aromatic rings. The number of nitrogens with two attached hydrogens (primary N) is 1. The van der Waals surface area contributed by atoms with Crippen molar-refractivity contribution in [1.82, 2.24) is 9.97 Å². The van der Waals surface area contributed by atoms with Gasteiger partial charge in [-0.15, -0.1) is 11.3 Å². The summed E-state index contributed by atoms with van der Waals surface area (Å²) in [6, 6.07) is 9.86. The number of primary amides is 1. The summed E-state index contributed by atoms with van der Waals surface area (Å²) < 4.78 is 19.8. The Kier molecular flexibility index (Phi) is 5.81. The topological polar surface area (TPSA) is 110 Å². The first-order valence-electron chi connectivity index (χ1n) is 11.0. The Morgan fingerprint density at radius 1 is 1.23 bits per heavy atom. The van der Waals surface area contributed by atoms with Crippen molar-refractivity contribution in [3.05, 3.63) is 58.9 Å². The minimum atomic E-state index is -0.617. The van der Waals surface area contributed by atoms with Gasteiger partial charge in [-0.05, 0) is 48.7 Å². The van der Waals surface area contributed by atoms with E-state index in [4.69, 9.17) is 10.5 Å². The number of carbonyl (C=O) groups excluding carboxylic acids is 2. The molecule has 178 valence electrons. The van der Waals surface area contributed by atoms with E-state index in [1.54, 1.807) is 24.2 Å². The Labute approximate surface area is 204 Å². The zero-order valence-corrected chi connectivity index (χ0v) is 19.9. The van der Waals surface area contributed by atoms with E-state index >= 15 is 0 Å². The van der Waals surface area contributed by atoms with Crippen LogP contribution in [0.4, 0.5) is 21.7 Å². The van der Waals surface area contributed by atoms with E-state index in [9.17, 15) is 14.0 Å². The number of aryl methyl sites for hydroxylation is 1. The van der Waals surface area contributed by atoms with Crippen molar-refractivity contribution in [3.63, 3.8) is 0 Å². The number of ether oxygens (including phenoxy) is 1. The molecule has 3 N–H and O–H groups in total. The molecule has 0 unspecified atom stereocenters. The fraction of sp³-hybridized carbons (Fsp3) is 0.200. The molecular weight excluding hydrogens is 469 g/mol. The molecular formula is C25H22FN5O3S. The number of thiophene rings is 1. The molecule has 0 bridgehead atoms. The van der Waals surface area contributed by atoms with Crippen LogP contribution in [-0.4, -0.2) is 35.9 Å². The van der Waals surface area contributed by atoms with E-state index in [0.717, 1.165) is 29.8 Å². The zero-order valence-electron chi connectivity index (χ0n) is 19.1. The van der Waals surface area contributed by atoms with Gasteiger partial charge in [0.1, 0.15) is 16.4 Å². The lowest BCUT2D eigenvalue weighted by Gasteiger charge is -2.18. The van der Waals surface area contributed by atoms with E-state index in [2.05, 4.69) is 15.3 Å². The predicted molar refractivity (Wildman–Crippen MR) is 134 cm³/mol. The number of benzene rings is 2. The van der Waals surface area contributed by atoms with Crippen molar-refractivity contribution in [2.24, 2.45) is 5.73 Å². The molecule has 0 radical (unpaired) electrons. The van der Waals surface area contributed by atoms with Crippen molar-refractivity contribution < 1.29 is 18.7 Å². The molecule has 35 heavy (non-hydrogen) atoms. The van der Waals surface area contributed by atoms with Crippen LogP contribution in [0.25, 0.3) is 21.3 Å². The molecule has 0 spiro atoms. The number of carbonyl (C=O) groups is 2. The van der Waals surface area contributed by atoms with Crippen molar-refractivity contribution in [1.29, 1.82) is 0 Å². The summed E-state index contributed by atoms with van der Waals surface area (Å²) in [5, 5.41) is 3.22. The Morgan fingerprint density at radius 2 is 2.06 bits per heavy atom. The highest BCUT2D eigenvalue weighted by Crippen LogP contribution is 2.42. The minimum absolute atomic E-state index is 0.102. The van der Waals surface area contributed by atoms with Gasteiger partial charge in [0.15, 0.2) is 0 Å². The number of nitrogens with zero attached hydrogens (tertiary/aromatic N) is 3. The van der Waals surface area contributed by atoms with Gasteiger partial charge in [0.2, 0.25) is 11.9 Å². The van der Waals surface area contributed by atoms with Crippen molar-refractivity contribution in [2.45, 2.75) is 19.3 Å². The van der Waals surface area contributed by atoms with Crippen LogP contribution in [0.15, 0.2) is 42.6 Å². The quantitative estimate of drug-likeness (QED) is 0.421. The van der Waals surface area contributed by atoms with Crippen LogP contribution in [0, 0.1) is 5.82 Å². The van der Waals surface area contributed by atoms with Crippen molar-refractivity contribution in [2.75, 3.05) is 24.4 Å². The number of methoxy groups -OCH3 is 1. The Balaban J connectivity index is 1.58. The molecule has 0 saturated carbocycles. The van der Waals surface area contributed by atoms with Gasteiger partial charge < -0.3 is 20.7 Å². The first kappa shape index (κ1) is 22.7. The number of nitrogens with one attached hydrogen (secondary N) is 1. The number of hydrogen-bond donors (Lipinski definition) is 2. The molecule has 1 aliphatic rings. The molecule has 1 aliphatic heterocycles. The molecule has 2 amide bonds. The lowest BCUT2D eigenvalue weighted by molar-refractivity contribution is -0.118. The maximum atomic E-state index is 13.8. The highest BCUT2D eigenvalue weighted by molar-refractivity contribution is 7.21. The molecule has 5 rings (SSSR count). The first-order chi connectivity index (χ1) is 16.9. The highest BCUT2D eigenvalue weighted by Gasteiger charge is 2.23. The van der Waals surface area contributed by atoms with E-state index in [-0.39, 0.29) is 16.5 Å². The molecule has 0 saturated heterocycles. The third kappa shape index (κ3) is 4.17. The van der Waals surface area contributed by atoms with Gasteiger partial charge in [0.05, 0.1) is 23.5 Å². The molecule has 2 aromatic carbocycles. The van der Waals surface area contributed by atoms with Crippen LogP contribution in [0.3, 0.4) is 0 Å². The maximum absolute atomic E-state index is 13.8. The van der Waals surface area contributed by atoms with Gasteiger partial charge in [-0.25, -0.2) is 14.4 Å². The Hall–Kier alpha value is -4.05. The van der Waals surface area contributed by atoms with Gasteiger partial charge in [-0.1, -0.05) is 0 Å². The SMILES string of the molecule is COc1cc(F)ccc1-c1c(C(N)=O)sc2cnc(Nc3ccc4c(c3)CCCC(=O)N4C)nc12. The van der Waals surface area contributed by atoms with Crippen LogP contribution in [0.5, 0.6) is 5.75 Å². The second kappa shape index (κ2) is 8.95. The zero-order chi connectivity index (χ0) is 24.7. The number of amides is 2. The van der Waals surface area contributed by atoms with Gasteiger partial charge in [0.25, 0.3) is 5.91 Å². The monoisotopic (exact) mass is 491 g/mol. The molecule has 3 heterocycles. The minimum Gasteiger partial charge on any atom is -0.496 e. The molecule has 8 nitrogen and oxygen atoms in total. The summed E-state index contributed by atoms with van der Waals surface area (Å²) in [6.07, 6.45) is 3.72. The van der Waals surface area contributed by atoms with Gasteiger partial charge >= 0.3 is 0 Å². The number of anilines is 3. The van der Waals surface area contributed by atoms with Crippen molar-refractivity contribution >= 4 is 50.7 Å². The molecule has 0 atom stereocenters. The Morgan fingerprint density at radius 3 is 2.83 bits per heavy atom. The normalized spacial score (nSPS) is 13.5. The number of halogens is 1. The smallest absolute Gasteiger partial charge is 0.259 e. The van der Waals surface area contributed by atoms with Gasteiger partial charge in [0, 0.05) is 42.0 Å². The summed E-state index contributed by atoms with van der Waals surface area (Å²) >= 11 is 1.17. The average Bonchev–Trinajstić information content (AvgIpc) is 3.16.